The van der Waals surface area contributed by atoms with Crippen molar-refractivity contribution in [2.24, 2.45) is 5.41 Å². The molecule has 0 radical (unpaired) electrons. The van der Waals surface area contributed by atoms with Gasteiger partial charge in [-0.3, -0.25) is 4.90 Å². The van der Waals surface area contributed by atoms with E-state index >= 15 is 0 Å². The van der Waals surface area contributed by atoms with E-state index in [-0.39, 0.29) is 12.2 Å². The van der Waals surface area contributed by atoms with Crippen molar-refractivity contribution in [3.8, 4) is 0 Å². The van der Waals surface area contributed by atoms with Crippen LogP contribution in [-0.4, -0.2) is 64.1 Å². The first-order valence-corrected chi connectivity index (χ1v) is 8.71. The van der Waals surface area contributed by atoms with Gasteiger partial charge < -0.3 is 14.8 Å². The van der Waals surface area contributed by atoms with Gasteiger partial charge in [0.05, 0.1) is 12.2 Å². The average Bonchev–Trinajstić information content (AvgIpc) is 2.75. The Morgan fingerprint density at radius 2 is 1.57 bits per heavy atom. The third-order valence-corrected chi connectivity index (χ3v) is 5.37. The quantitative estimate of drug-likeness (QED) is 0.731. The molecule has 0 aromatic carbocycles. The lowest BCUT2D eigenvalue weighted by atomic mass is 9.79. The number of likely N-dealkylation sites (tertiary alicyclic amines) is 1. The lowest BCUT2D eigenvalue weighted by Crippen LogP contribution is -2.43. The predicted molar refractivity (Wildman–Crippen MR) is 86.7 cm³/mol. The highest BCUT2D eigenvalue weighted by Gasteiger charge is 2.38. The highest BCUT2D eigenvalue weighted by molar-refractivity contribution is 4.92. The van der Waals surface area contributed by atoms with E-state index in [9.17, 15) is 0 Å². The molecule has 124 valence electrons. The van der Waals surface area contributed by atoms with E-state index in [1.54, 1.807) is 14.2 Å². The minimum atomic E-state index is 0.233. The smallest absolute Gasteiger partial charge is 0.0971 e. The molecule has 1 saturated heterocycles. The third-order valence-electron chi connectivity index (χ3n) is 5.37. The standard InChI is InChI=1S/C17H34N2O2/c1-4-18-13-17(9-7-5-6-8-10-17)14-19-11-15(20-2)16(12-19)21-3/h15-16,18H,4-14H2,1-3H3. The van der Waals surface area contributed by atoms with Crippen molar-refractivity contribution in [1.29, 1.82) is 0 Å². The Hall–Kier alpha value is -0.160. The molecule has 0 aromatic heterocycles. The molecule has 2 aliphatic rings. The average molecular weight is 298 g/mol. The molecule has 4 heteroatoms. The molecule has 1 N–H and O–H groups in total. The van der Waals surface area contributed by atoms with Gasteiger partial charge in [0.15, 0.2) is 0 Å². The number of methoxy groups -OCH3 is 2. The molecule has 21 heavy (non-hydrogen) atoms. The van der Waals surface area contributed by atoms with Crippen LogP contribution in [0.4, 0.5) is 0 Å². The third kappa shape index (κ3) is 4.65. The van der Waals surface area contributed by atoms with Gasteiger partial charge in [-0.1, -0.05) is 32.6 Å². The summed E-state index contributed by atoms with van der Waals surface area (Å²) in [5, 5.41) is 3.62. The summed E-state index contributed by atoms with van der Waals surface area (Å²) in [4.78, 5) is 2.57. The Balaban J connectivity index is 1.97. The summed E-state index contributed by atoms with van der Waals surface area (Å²) in [5.74, 6) is 0. The van der Waals surface area contributed by atoms with Gasteiger partial charge in [-0.15, -0.1) is 0 Å². The number of rotatable bonds is 7. The fraction of sp³-hybridized carbons (Fsp3) is 1.00. The van der Waals surface area contributed by atoms with Gasteiger partial charge in [-0.05, 0) is 24.8 Å². The second-order valence-corrected chi connectivity index (χ2v) is 6.94. The molecule has 1 aliphatic carbocycles. The molecular formula is C17H34N2O2. The molecule has 2 fully saturated rings. The first kappa shape index (κ1) is 17.2. The molecule has 2 unspecified atom stereocenters. The second kappa shape index (κ2) is 8.47. The van der Waals surface area contributed by atoms with Gasteiger partial charge in [0.2, 0.25) is 0 Å². The summed E-state index contributed by atoms with van der Waals surface area (Å²) < 4.78 is 11.2. The number of hydrogen-bond acceptors (Lipinski definition) is 4. The Kier molecular flexibility index (Phi) is 6.93. The summed E-state index contributed by atoms with van der Waals surface area (Å²) >= 11 is 0. The number of nitrogens with one attached hydrogen (secondary N) is 1. The van der Waals surface area contributed by atoms with Gasteiger partial charge in [-0.2, -0.15) is 0 Å². The summed E-state index contributed by atoms with van der Waals surface area (Å²) in [6, 6.07) is 0. The molecule has 2 atom stereocenters. The number of hydrogen-bond donors (Lipinski definition) is 1. The van der Waals surface area contributed by atoms with E-state index in [1.807, 2.05) is 0 Å². The van der Waals surface area contributed by atoms with Crippen molar-refractivity contribution in [3.05, 3.63) is 0 Å². The predicted octanol–water partition coefficient (Wildman–Crippen LogP) is 2.28. The molecule has 0 spiro atoms. The first-order chi connectivity index (χ1) is 10.2. The minimum Gasteiger partial charge on any atom is -0.377 e. The van der Waals surface area contributed by atoms with Crippen molar-refractivity contribution in [3.63, 3.8) is 0 Å². The maximum atomic E-state index is 5.59. The SMILES string of the molecule is CCNCC1(CN2CC(OC)C(OC)C2)CCCCCC1. The molecular weight excluding hydrogens is 264 g/mol. The van der Waals surface area contributed by atoms with E-state index in [0.29, 0.717) is 5.41 Å². The number of nitrogens with zero attached hydrogens (tertiary/aromatic N) is 1. The summed E-state index contributed by atoms with van der Waals surface area (Å²) in [5.41, 5.74) is 0.452. The fourth-order valence-corrected chi connectivity index (χ4v) is 4.13. The molecule has 0 amide bonds. The molecule has 2 rings (SSSR count). The Morgan fingerprint density at radius 3 is 2.05 bits per heavy atom. The van der Waals surface area contributed by atoms with E-state index < -0.39 is 0 Å². The Labute approximate surface area is 130 Å². The second-order valence-electron chi connectivity index (χ2n) is 6.94. The van der Waals surface area contributed by atoms with E-state index in [2.05, 4.69) is 17.1 Å². The van der Waals surface area contributed by atoms with E-state index in [1.165, 1.54) is 45.1 Å². The van der Waals surface area contributed by atoms with Crippen LogP contribution in [0.2, 0.25) is 0 Å². The minimum absolute atomic E-state index is 0.233. The van der Waals surface area contributed by atoms with Gasteiger partial charge in [0, 0.05) is 40.4 Å². The van der Waals surface area contributed by atoms with Gasteiger partial charge in [-0.25, -0.2) is 0 Å². The van der Waals surface area contributed by atoms with Crippen molar-refractivity contribution >= 4 is 0 Å². The van der Waals surface area contributed by atoms with Crippen molar-refractivity contribution in [2.75, 3.05) is 46.9 Å². The molecule has 1 heterocycles. The zero-order chi connectivity index (χ0) is 15.1. The fourth-order valence-electron chi connectivity index (χ4n) is 4.13. The highest BCUT2D eigenvalue weighted by Crippen LogP contribution is 2.36. The van der Waals surface area contributed by atoms with Crippen LogP contribution in [0.3, 0.4) is 0 Å². The van der Waals surface area contributed by atoms with Gasteiger partial charge >= 0.3 is 0 Å². The van der Waals surface area contributed by atoms with Crippen LogP contribution in [0.25, 0.3) is 0 Å². The summed E-state index contributed by atoms with van der Waals surface area (Å²) in [6.45, 7) is 7.67. The monoisotopic (exact) mass is 298 g/mol. The van der Waals surface area contributed by atoms with Crippen LogP contribution in [0.5, 0.6) is 0 Å². The van der Waals surface area contributed by atoms with E-state index in [4.69, 9.17) is 9.47 Å². The molecule has 0 bridgehead atoms. The lowest BCUT2D eigenvalue weighted by molar-refractivity contribution is -0.00461. The van der Waals surface area contributed by atoms with Crippen LogP contribution >= 0.6 is 0 Å². The molecule has 1 saturated carbocycles. The topological polar surface area (TPSA) is 33.7 Å². The first-order valence-electron chi connectivity index (χ1n) is 8.71. The zero-order valence-electron chi connectivity index (χ0n) is 14.2. The maximum absolute atomic E-state index is 5.59. The van der Waals surface area contributed by atoms with Crippen molar-refractivity contribution < 1.29 is 9.47 Å². The lowest BCUT2D eigenvalue weighted by Gasteiger charge is -2.37. The largest absolute Gasteiger partial charge is 0.377 e. The Bertz CT molecular complexity index is 279. The van der Waals surface area contributed by atoms with Crippen LogP contribution in [-0.2, 0) is 9.47 Å². The Morgan fingerprint density at radius 1 is 1.00 bits per heavy atom. The molecule has 4 nitrogen and oxygen atoms in total. The van der Waals surface area contributed by atoms with Crippen LogP contribution in [0.15, 0.2) is 0 Å². The summed E-state index contributed by atoms with van der Waals surface area (Å²) in [6.07, 6.45) is 8.80. The number of ether oxygens (including phenoxy) is 2. The molecule has 0 aromatic rings. The molecule has 1 aliphatic heterocycles. The normalized spacial score (nSPS) is 30.4. The van der Waals surface area contributed by atoms with Crippen molar-refractivity contribution in [2.45, 2.75) is 57.7 Å². The van der Waals surface area contributed by atoms with Crippen LogP contribution < -0.4 is 5.32 Å². The maximum Gasteiger partial charge on any atom is 0.0971 e. The van der Waals surface area contributed by atoms with Crippen molar-refractivity contribution in [1.82, 2.24) is 10.2 Å². The van der Waals surface area contributed by atoms with E-state index in [0.717, 1.165) is 26.2 Å². The van der Waals surface area contributed by atoms with Crippen LogP contribution in [0, 0.1) is 5.41 Å². The zero-order valence-corrected chi connectivity index (χ0v) is 14.2. The van der Waals surface area contributed by atoms with Gasteiger partial charge in [0.25, 0.3) is 0 Å². The summed E-state index contributed by atoms with van der Waals surface area (Å²) in [7, 11) is 3.61. The van der Waals surface area contributed by atoms with Crippen LogP contribution in [0.1, 0.15) is 45.4 Å². The highest BCUT2D eigenvalue weighted by atomic mass is 16.5. The van der Waals surface area contributed by atoms with Gasteiger partial charge in [0.1, 0.15) is 0 Å².